The van der Waals surface area contributed by atoms with Crippen LogP contribution in [0.2, 0.25) is 0 Å². The second-order valence-corrected chi connectivity index (χ2v) is 5.80. The quantitative estimate of drug-likeness (QED) is 0.800. The van der Waals surface area contributed by atoms with Crippen LogP contribution >= 0.6 is 0 Å². The van der Waals surface area contributed by atoms with Crippen LogP contribution < -0.4 is 5.73 Å². The summed E-state index contributed by atoms with van der Waals surface area (Å²) in [5, 5.41) is 0. The molecule has 0 aliphatic carbocycles. The van der Waals surface area contributed by atoms with Crippen molar-refractivity contribution in [3.63, 3.8) is 0 Å². The van der Waals surface area contributed by atoms with Gasteiger partial charge < -0.3 is 5.73 Å². The number of nitrogens with zero attached hydrogens (tertiary/aromatic N) is 1. The van der Waals surface area contributed by atoms with Gasteiger partial charge in [-0.15, -0.1) is 0 Å². The third kappa shape index (κ3) is 2.97. The number of nitrogen functional groups attached to an aromatic ring is 1. The van der Waals surface area contributed by atoms with Gasteiger partial charge in [-0.05, 0) is 30.9 Å². The van der Waals surface area contributed by atoms with E-state index in [1.54, 1.807) is 6.07 Å². The summed E-state index contributed by atoms with van der Waals surface area (Å²) in [5.41, 5.74) is 6.89. The maximum atomic E-state index is 13.8. The van der Waals surface area contributed by atoms with E-state index in [0.717, 1.165) is 13.1 Å². The second-order valence-electron chi connectivity index (χ2n) is 5.80. The van der Waals surface area contributed by atoms with E-state index >= 15 is 0 Å². The lowest BCUT2D eigenvalue weighted by atomic mass is 9.84. The van der Waals surface area contributed by atoms with Crippen molar-refractivity contribution in [2.24, 2.45) is 5.41 Å². The molecule has 0 unspecified atom stereocenters. The summed E-state index contributed by atoms with van der Waals surface area (Å²) in [6.45, 7) is 7.29. The predicted octanol–water partition coefficient (Wildman–Crippen LogP) is 3.03. The summed E-state index contributed by atoms with van der Waals surface area (Å²) in [6, 6.07) is 5.26. The highest BCUT2D eigenvalue weighted by Crippen LogP contribution is 2.29. The third-order valence-corrected chi connectivity index (χ3v) is 3.48. The van der Waals surface area contributed by atoms with Crippen molar-refractivity contribution in [2.45, 2.75) is 33.2 Å². The van der Waals surface area contributed by atoms with Crippen LogP contribution in [0.5, 0.6) is 0 Å². The zero-order valence-corrected chi connectivity index (χ0v) is 10.7. The fourth-order valence-electron chi connectivity index (χ4n) is 2.64. The smallest absolute Gasteiger partial charge is 0.150 e. The molecular weight excluding hydrogens is 215 g/mol. The minimum Gasteiger partial charge on any atom is -0.396 e. The van der Waals surface area contributed by atoms with Gasteiger partial charge in [0.15, 0.2) is 5.82 Å². The average molecular weight is 236 g/mol. The SMILES string of the molecule is CC1(C)CCCN(Cc2cccc(N)c2F)C1. The Kier molecular flexibility index (Phi) is 3.38. The molecule has 0 radical (unpaired) electrons. The van der Waals surface area contributed by atoms with Crippen molar-refractivity contribution < 1.29 is 4.39 Å². The molecule has 0 atom stereocenters. The van der Waals surface area contributed by atoms with Gasteiger partial charge in [-0.3, -0.25) is 4.90 Å². The first-order valence-corrected chi connectivity index (χ1v) is 6.23. The Labute approximate surface area is 103 Å². The van der Waals surface area contributed by atoms with Crippen molar-refractivity contribution in [3.05, 3.63) is 29.6 Å². The van der Waals surface area contributed by atoms with Gasteiger partial charge in [0.05, 0.1) is 5.69 Å². The monoisotopic (exact) mass is 236 g/mol. The van der Waals surface area contributed by atoms with Gasteiger partial charge >= 0.3 is 0 Å². The number of rotatable bonds is 2. The normalized spacial score (nSPS) is 20.4. The lowest BCUT2D eigenvalue weighted by molar-refractivity contribution is 0.110. The molecule has 1 aromatic carbocycles. The maximum absolute atomic E-state index is 13.8. The lowest BCUT2D eigenvalue weighted by Crippen LogP contribution is -2.39. The Morgan fingerprint density at radius 2 is 2.18 bits per heavy atom. The molecule has 1 aromatic rings. The van der Waals surface area contributed by atoms with E-state index in [1.807, 2.05) is 12.1 Å². The first-order valence-electron chi connectivity index (χ1n) is 6.23. The molecule has 1 saturated heterocycles. The molecule has 0 saturated carbocycles. The number of halogens is 1. The van der Waals surface area contributed by atoms with Crippen molar-refractivity contribution in [1.82, 2.24) is 4.90 Å². The number of benzene rings is 1. The number of hydrogen-bond acceptors (Lipinski definition) is 2. The molecule has 0 amide bonds. The highest BCUT2D eigenvalue weighted by atomic mass is 19.1. The van der Waals surface area contributed by atoms with Crippen LogP contribution in [-0.4, -0.2) is 18.0 Å². The summed E-state index contributed by atoms with van der Waals surface area (Å²) in [7, 11) is 0. The van der Waals surface area contributed by atoms with Gasteiger partial charge in [0, 0.05) is 18.7 Å². The molecule has 17 heavy (non-hydrogen) atoms. The zero-order valence-electron chi connectivity index (χ0n) is 10.7. The number of piperidine rings is 1. The molecule has 0 aromatic heterocycles. The summed E-state index contributed by atoms with van der Waals surface area (Å²) >= 11 is 0. The van der Waals surface area contributed by atoms with Crippen LogP contribution in [0.3, 0.4) is 0 Å². The van der Waals surface area contributed by atoms with Crippen molar-refractivity contribution in [3.8, 4) is 0 Å². The Balaban J connectivity index is 2.08. The van der Waals surface area contributed by atoms with Crippen LogP contribution in [0.4, 0.5) is 10.1 Å². The van der Waals surface area contributed by atoms with Gasteiger partial charge in [-0.25, -0.2) is 4.39 Å². The van der Waals surface area contributed by atoms with E-state index in [-0.39, 0.29) is 11.5 Å². The molecule has 1 aliphatic rings. The Hall–Kier alpha value is -1.09. The van der Waals surface area contributed by atoms with Gasteiger partial charge in [-0.1, -0.05) is 26.0 Å². The van der Waals surface area contributed by atoms with E-state index < -0.39 is 0 Å². The van der Waals surface area contributed by atoms with Gasteiger partial charge in [0.1, 0.15) is 0 Å². The number of hydrogen-bond donors (Lipinski definition) is 1. The summed E-state index contributed by atoms with van der Waals surface area (Å²) in [6.07, 6.45) is 2.44. The van der Waals surface area contributed by atoms with E-state index in [4.69, 9.17) is 5.73 Å². The van der Waals surface area contributed by atoms with Crippen LogP contribution in [0.1, 0.15) is 32.3 Å². The highest BCUT2D eigenvalue weighted by molar-refractivity contribution is 5.42. The molecule has 94 valence electrons. The van der Waals surface area contributed by atoms with Crippen LogP contribution in [0.15, 0.2) is 18.2 Å². The summed E-state index contributed by atoms with van der Waals surface area (Å²) in [4.78, 5) is 2.32. The maximum Gasteiger partial charge on any atom is 0.150 e. The Bertz CT molecular complexity index is 401. The minimum atomic E-state index is -0.254. The van der Waals surface area contributed by atoms with E-state index in [0.29, 0.717) is 17.5 Å². The number of likely N-dealkylation sites (tertiary alicyclic amines) is 1. The Morgan fingerprint density at radius 3 is 2.88 bits per heavy atom. The van der Waals surface area contributed by atoms with E-state index in [9.17, 15) is 4.39 Å². The predicted molar refractivity (Wildman–Crippen MR) is 69.1 cm³/mol. The van der Waals surface area contributed by atoms with Crippen LogP contribution in [0, 0.1) is 11.2 Å². The van der Waals surface area contributed by atoms with E-state index in [2.05, 4.69) is 18.7 Å². The average Bonchev–Trinajstić information content (AvgIpc) is 2.23. The largest absolute Gasteiger partial charge is 0.396 e. The number of anilines is 1. The fraction of sp³-hybridized carbons (Fsp3) is 0.571. The van der Waals surface area contributed by atoms with Crippen LogP contribution in [0.25, 0.3) is 0 Å². The van der Waals surface area contributed by atoms with Crippen molar-refractivity contribution in [2.75, 3.05) is 18.8 Å². The molecule has 2 rings (SSSR count). The molecule has 2 nitrogen and oxygen atoms in total. The molecule has 0 bridgehead atoms. The standard InChI is InChI=1S/C14H21FN2/c1-14(2)7-4-8-17(10-14)9-11-5-3-6-12(16)13(11)15/h3,5-6H,4,7-10,16H2,1-2H3. The van der Waals surface area contributed by atoms with Gasteiger partial charge in [0.25, 0.3) is 0 Å². The molecule has 0 spiro atoms. The number of nitrogens with two attached hydrogens (primary N) is 1. The van der Waals surface area contributed by atoms with Crippen molar-refractivity contribution >= 4 is 5.69 Å². The van der Waals surface area contributed by atoms with Gasteiger partial charge in [0.2, 0.25) is 0 Å². The van der Waals surface area contributed by atoms with Crippen molar-refractivity contribution in [1.29, 1.82) is 0 Å². The first kappa shape index (κ1) is 12.4. The molecular formula is C14H21FN2. The molecule has 1 fully saturated rings. The molecule has 1 heterocycles. The van der Waals surface area contributed by atoms with Gasteiger partial charge in [-0.2, -0.15) is 0 Å². The summed E-state index contributed by atoms with van der Waals surface area (Å²) < 4.78 is 13.8. The summed E-state index contributed by atoms with van der Waals surface area (Å²) in [5.74, 6) is -0.254. The minimum absolute atomic E-state index is 0.249. The molecule has 3 heteroatoms. The topological polar surface area (TPSA) is 29.3 Å². The lowest BCUT2D eigenvalue weighted by Gasteiger charge is -2.38. The first-order chi connectivity index (χ1) is 7.98. The molecule has 1 aliphatic heterocycles. The third-order valence-electron chi connectivity index (χ3n) is 3.48. The van der Waals surface area contributed by atoms with E-state index in [1.165, 1.54) is 12.8 Å². The highest BCUT2D eigenvalue weighted by Gasteiger charge is 2.26. The second kappa shape index (κ2) is 4.65. The zero-order chi connectivity index (χ0) is 12.5. The molecule has 2 N–H and O–H groups in total. The Morgan fingerprint density at radius 1 is 1.41 bits per heavy atom. The fourth-order valence-corrected chi connectivity index (χ4v) is 2.64. The van der Waals surface area contributed by atoms with Crippen LogP contribution in [-0.2, 0) is 6.54 Å².